The van der Waals surface area contributed by atoms with Crippen LogP contribution in [0, 0.1) is 10.2 Å². The maximum Gasteiger partial charge on any atom is 0.154 e. The monoisotopic (exact) mass is 217 g/mol. The van der Waals surface area contributed by atoms with Crippen LogP contribution in [0.25, 0.3) is 0 Å². The van der Waals surface area contributed by atoms with Crippen molar-refractivity contribution < 1.29 is 38.4 Å². The summed E-state index contributed by atoms with van der Waals surface area (Å²) in [5.41, 5.74) is 0. The molecule has 0 aromatic rings. The fourth-order valence-electron chi connectivity index (χ4n) is 0.518. The van der Waals surface area contributed by atoms with Gasteiger partial charge in [0.1, 0.15) is 0 Å². The Kier molecular flexibility index (Phi) is 10.3. The maximum atomic E-state index is 8.49. The molecule has 0 aliphatic carbocycles. The molecule has 82 valence electrons. The van der Waals surface area contributed by atoms with Gasteiger partial charge in [-0.2, -0.15) is 0 Å². The Labute approximate surface area is 79.4 Å². The van der Waals surface area contributed by atoms with Gasteiger partial charge in [-0.15, -0.1) is 10.2 Å². The van der Waals surface area contributed by atoms with Crippen LogP contribution in [-0.2, 0) is 9.47 Å². The van der Waals surface area contributed by atoms with E-state index in [1.807, 2.05) is 20.8 Å². The number of halogens is 1. The second-order valence-corrected chi connectivity index (χ2v) is 2.61. The predicted octanol–water partition coefficient (Wildman–Crippen LogP) is -3.35. The summed E-state index contributed by atoms with van der Waals surface area (Å²) in [6.07, 6.45) is -0.0370. The van der Waals surface area contributed by atoms with Crippen molar-refractivity contribution in [1.82, 2.24) is 0 Å². The minimum absolute atomic E-state index is 0.0370. The van der Waals surface area contributed by atoms with Crippen LogP contribution in [0.3, 0.4) is 0 Å². The molecule has 6 nitrogen and oxygen atoms in total. The average molecular weight is 218 g/mol. The third-order valence-corrected chi connectivity index (χ3v) is 0.803. The van der Waals surface area contributed by atoms with Crippen LogP contribution in [0.1, 0.15) is 20.8 Å². The van der Waals surface area contributed by atoms with E-state index >= 15 is 0 Å². The highest BCUT2D eigenvalue weighted by atomic mass is 35.7. The van der Waals surface area contributed by atoms with Gasteiger partial charge in [-0.3, -0.25) is 0 Å². The third kappa shape index (κ3) is 33.3. The second kappa shape index (κ2) is 8.64. The molecule has 0 unspecified atom stereocenters. The van der Waals surface area contributed by atoms with Crippen molar-refractivity contribution in [2.24, 2.45) is 0 Å². The zero-order valence-electron chi connectivity index (χ0n) is 7.82. The van der Waals surface area contributed by atoms with Crippen molar-refractivity contribution in [2.45, 2.75) is 27.1 Å². The lowest BCUT2D eigenvalue weighted by molar-refractivity contribution is -2.00. The predicted molar refractivity (Wildman–Crippen MR) is 32.7 cm³/mol. The van der Waals surface area contributed by atoms with Crippen molar-refractivity contribution in [1.29, 1.82) is 0 Å². The first-order chi connectivity index (χ1) is 5.81. The average Bonchev–Trinajstić information content (AvgIpc) is 1.84. The number of hydrogen-bond donors (Lipinski definition) is 0. The van der Waals surface area contributed by atoms with E-state index in [1.165, 1.54) is 0 Å². The van der Waals surface area contributed by atoms with E-state index in [0.717, 1.165) is 13.2 Å². The molecule has 0 radical (unpaired) electrons. The van der Waals surface area contributed by atoms with Gasteiger partial charge in [0, 0.05) is 13.2 Å². The zero-order valence-corrected chi connectivity index (χ0v) is 8.57. The van der Waals surface area contributed by atoms with Crippen molar-refractivity contribution in [3.05, 3.63) is 0 Å². The quantitative estimate of drug-likeness (QED) is 0.455. The Hall–Kier alpha value is 0.0500. The maximum absolute atomic E-state index is 8.49. The standard InChI is InChI=1S/C6H14O2.ClHO4/c1-4-7-6(3)8-5-2;2-1(3,4)5/h6H,4-5H2,1-3H3;(H,2,3,4,5)/p-1. The van der Waals surface area contributed by atoms with Gasteiger partial charge in [-0.1, -0.05) is 0 Å². The van der Waals surface area contributed by atoms with Gasteiger partial charge in [-0.05, 0) is 20.8 Å². The Bertz CT molecular complexity index is 91.8. The third-order valence-electron chi connectivity index (χ3n) is 0.803. The molecule has 0 heterocycles. The molecular formula is C6H14ClO6-. The molecule has 0 saturated heterocycles. The summed E-state index contributed by atoms with van der Waals surface area (Å²) in [4.78, 5) is 0. The Morgan fingerprint density at radius 3 is 1.38 bits per heavy atom. The summed E-state index contributed by atoms with van der Waals surface area (Å²) in [6.45, 7) is 7.25. The Morgan fingerprint density at radius 2 is 1.23 bits per heavy atom. The van der Waals surface area contributed by atoms with E-state index in [-0.39, 0.29) is 6.29 Å². The zero-order chi connectivity index (χ0) is 10.9. The molecule has 0 N–H and O–H groups in total. The second-order valence-electron chi connectivity index (χ2n) is 1.86. The molecule has 0 aliphatic rings. The molecule has 0 saturated carbocycles. The molecule has 0 aromatic heterocycles. The fraction of sp³-hybridized carbons (Fsp3) is 1.00. The molecule has 0 rings (SSSR count). The first kappa shape index (κ1) is 15.5. The summed E-state index contributed by atoms with van der Waals surface area (Å²) >= 11 is 0. The van der Waals surface area contributed by atoms with Gasteiger partial charge < -0.3 is 9.47 Å². The highest BCUT2D eigenvalue weighted by molar-refractivity contribution is 4.26. The van der Waals surface area contributed by atoms with Crippen molar-refractivity contribution in [2.75, 3.05) is 13.2 Å². The molecule has 13 heavy (non-hydrogen) atoms. The van der Waals surface area contributed by atoms with Crippen LogP contribution >= 0.6 is 0 Å². The van der Waals surface area contributed by atoms with Gasteiger partial charge in [-0.25, -0.2) is 18.6 Å². The number of rotatable bonds is 4. The summed E-state index contributed by atoms with van der Waals surface area (Å²) < 4.78 is 44.1. The molecule has 7 heteroatoms. The van der Waals surface area contributed by atoms with E-state index in [2.05, 4.69) is 0 Å². The first-order valence-corrected chi connectivity index (χ1v) is 4.89. The number of ether oxygens (including phenoxy) is 2. The van der Waals surface area contributed by atoms with Gasteiger partial charge in [0.05, 0.1) is 0 Å². The molecule has 0 atom stereocenters. The Morgan fingerprint density at radius 1 is 1.00 bits per heavy atom. The molecular weight excluding hydrogens is 204 g/mol. The van der Waals surface area contributed by atoms with Gasteiger partial charge >= 0.3 is 0 Å². The lowest BCUT2D eigenvalue weighted by atomic mass is 10.7. The largest absolute Gasteiger partial charge is 0.353 e. The van der Waals surface area contributed by atoms with E-state index in [9.17, 15) is 0 Å². The molecule has 0 amide bonds. The first-order valence-electron chi connectivity index (χ1n) is 3.66. The van der Waals surface area contributed by atoms with Crippen LogP contribution < -0.4 is 18.6 Å². The topological polar surface area (TPSA) is 111 Å². The normalized spacial score (nSPS) is 11.1. The van der Waals surface area contributed by atoms with Crippen LogP contribution in [0.4, 0.5) is 0 Å². The number of hydrogen-bond acceptors (Lipinski definition) is 6. The fourth-order valence-corrected chi connectivity index (χ4v) is 0.518. The summed E-state index contributed by atoms with van der Waals surface area (Å²) in [5.74, 6) is 0. The molecule has 0 aliphatic heterocycles. The lowest BCUT2D eigenvalue weighted by Crippen LogP contribution is -2.68. The lowest BCUT2D eigenvalue weighted by Gasteiger charge is -2.17. The molecule has 0 fully saturated rings. The smallest absolute Gasteiger partial charge is 0.154 e. The van der Waals surface area contributed by atoms with E-state index in [0.29, 0.717) is 0 Å². The minimum Gasteiger partial charge on any atom is -0.353 e. The molecule has 0 aromatic carbocycles. The van der Waals surface area contributed by atoms with E-state index in [1.54, 1.807) is 0 Å². The Balaban J connectivity index is 0. The summed E-state index contributed by atoms with van der Waals surface area (Å²) in [7, 11) is -4.94. The minimum atomic E-state index is -4.94. The van der Waals surface area contributed by atoms with Crippen LogP contribution in [0.2, 0.25) is 0 Å². The van der Waals surface area contributed by atoms with Crippen molar-refractivity contribution >= 4 is 0 Å². The SMILES string of the molecule is CCOC(C)OCC.[O-][Cl+3]([O-])([O-])[O-]. The van der Waals surface area contributed by atoms with Gasteiger partial charge in [0.2, 0.25) is 0 Å². The van der Waals surface area contributed by atoms with E-state index < -0.39 is 10.2 Å². The van der Waals surface area contributed by atoms with Crippen LogP contribution in [0.5, 0.6) is 0 Å². The molecule has 0 spiro atoms. The van der Waals surface area contributed by atoms with Crippen molar-refractivity contribution in [3.63, 3.8) is 0 Å². The van der Waals surface area contributed by atoms with E-state index in [4.69, 9.17) is 28.1 Å². The summed E-state index contributed by atoms with van der Waals surface area (Å²) in [6, 6.07) is 0. The van der Waals surface area contributed by atoms with Gasteiger partial charge in [0.25, 0.3) is 0 Å². The highest BCUT2D eigenvalue weighted by Crippen LogP contribution is 1.90. The highest BCUT2D eigenvalue weighted by Gasteiger charge is 1.94. The van der Waals surface area contributed by atoms with Gasteiger partial charge in [0.15, 0.2) is 6.29 Å². The van der Waals surface area contributed by atoms with Crippen LogP contribution in [-0.4, -0.2) is 19.5 Å². The van der Waals surface area contributed by atoms with Crippen molar-refractivity contribution in [3.8, 4) is 0 Å². The molecule has 0 bridgehead atoms. The van der Waals surface area contributed by atoms with Crippen LogP contribution in [0.15, 0.2) is 0 Å². The summed E-state index contributed by atoms with van der Waals surface area (Å²) in [5, 5.41) is 0.